The van der Waals surface area contributed by atoms with E-state index >= 15 is 0 Å². The molecule has 0 unspecified atom stereocenters. The average Bonchev–Trinajstić information content (AvgIpc) is 3.21. The van der Waals surface area contributed by atoms with Gasteiger partial charge in [0.05, 0.1) is 11.9 Å². The zero-order chi connectivity index (χ0) is 20.8. The van der Waals surface area contributed by atoms with Crippen LogP contribution in [0.3, 0.4) is 0 Å². The molecule has 9 nitrogen and oxygen atoms in total. The molecule has 10 heteroatoms. The fourth-order valence-electron chi connectivity index (χ4n) is 3.00. The molecule has 2 aromatic heterocycles. The standard InChI is InChI=1S/C19H24FN7O2/c1-3-16(28)27-8-6-14(20)15(11-27)29-18-13-5-7-23-17(13)25-19(26-18)24-12(9-21)10-22-4-2/h3,5,7,9-10,14-15H,1,4,6,8,11,21H2,2H3,(H2,23,24,25,26)/p+1/t14-,15+/m0/s1. The normalized spacial score (nSPS) is 20.2. The second kappa shape index (κ2) is 9.18. The SMILES string of the molecule is C=CC(=O)N1CC[C@H](F)[C@H](Oc2nc(NC(C=[NH+]CC)=CN)nc3[nH]ccc23)C1. The number of piperidine rings is 1. The zero-order valence-corrected chi connectivity index (χ0v) is 16.2. The van der Waals surface area contributed by atoms with E-state index in [-0.39, 0.29) is 30.7 Å². The molecule has 3 rings (SSSR count). The second-order valence-electron chi connectivity index (χ2n) is 6.49. The Morgan fingerprint density at radius 1 is 1.59 bits per heavy atom. The first-order chi connectivity index (χ1) is 14.0. The molecule has 1 saturated heterocycles. The summed E-state index contributed by atoms with van der Waals surface area (Å²) in [6.07, 6.45) is 4.12. The number of nitrogens with one attached hydrogen (secondary N) is 3. The number of allylic oxidation sites excluding steroid dienone is 1. The Kier molecular flexibility index (Phi) is 6.43. The van der Waals surface area contributed by atoms with Crippen molar-refractivity contribution in [3.8, 4) is 5.88 Å². The number of H-pyrrole nitrogens is 1. The highest BCUT2D eigenvalue weighted by Gasteiger charge is 2.33. The molecule has 0 saturated carbocycles. The van der Waals surface area contributed by atoms with E-state index < -0.39 is 12.3 Å². The summed E-state index contributed by atoms with van der Waals surface area (Å²) in [5, 5.41) is 3.61. The highest BCUT2D eigenvalue weighted by Crippen LogP contribution is 2.27. The van der Waals surface area contributed by atoms with Crippen LogP contribution in [0, 0.1) is 0 Å². The number of alkyl halides is 1. The van der Waals surface area contributed by atoms with E-state index in [1.165, 1.54) is 17.2 Å². The number of hydrogen-bond acceptors (Lipinski definition) is 6. The van der Waals surface area contributed by atoms with Gasteiger partial charge in [-0.1, -0.05) is 6.58 Å². The van der Waals surface area contributed by atoms with Crippen molar-refractivity contribution in [2.45, 2.75) is 25.6 Å². The van der Waals surface area contributed by atoms with Gasteiger partial charge in [0, 0.05) is 18.9 Å². The van der Waals surface area contributed by atoms with Crippen LogP contribution >= 0.6 is 0 Å². The van der Waals surface area contributed by atoms with Crippen molar-refractivity contribution < 1.29 is 18.9 Å². The number of hydrogen-bond donors (Lipinski definition) is 4. The van der Waals surface area contributed by atoms with Crippen molar-refractivity contribution in [3.63, 3.8) is 0 Å². The molecular formula is C19H25FN7O2+. The fourth-order valence-corrected chi connectivity index (χ4v) is 3.00. The van der Waals surface area contributed by atoms with Gasteiger partial charge in [0.25, 0.3) is 0 Å². The van der Waals surface area contributed by atoms with Crippen LogP contribution in [0.15, 0.2) is 36.8 Å². The van der Waals surface area contributed by atoms with E-state index in [4.69, 9.17) is 10.5 Å². The van der Waals surface area contributed by atoms with Gasteiger partial charge in [-0.25, -0.2) is 9.38 Å². The van der Waals surface area contributed by atoms with Gasteiger partial charge in [0.1, 0.15) is 30.2 Å². The fraction of sp³-hybridized carbons (Fsp3) is 0.368. The van der Waals surface area contributed by atoms with Gasteiger partial charge in [0.2, 0.25) is 17.7 Å². The molecule has 1 aliphatic heterocycles. The van der Waals surface area contributed by atoms with Crippen LogP contribution in [0.4, 0.5) is 10.3 Å². The molecule has 3 heterocycles. The second-order valence-corrected chi connectivity index (χ2v) is 6.49. The minimum atomic E-state index is -1.22. The van der Waals surface area contributed by atoms with Gasteiger partial charge in [-0.2, -0.15) is 9.97 Å². The summed E-state index contributed by atoms with van der Waals surface area (Å²) in [5.41, 5.74) is 6.72. The maximum atomic E-state index is 14.5. The van der Waals surface area contributed by atoms with Crippen LogP contribution < -0.4 is 20.8 Å². The Bertz CT molecular complexity index is 940. The molecule has 2 aromatic rings. The number of amides is 1. The quantitative estimate of drug-likeness (QED) is 0.377. The molecule has 2 atom stereocenters. The minimum Gasteiger partial charge on any atom is -0.469 e. The number of fused-ring (bicyclic) bond motifs is 1. The van der Waals surface area contributed by atoms with Crippen LogP contribution in [0.1, 0.15) is 13.3 Å². The molecule has 0 aliphatic carbocycles. The van der Waals surface area contributed by atoms with Crippen LogP contribution in [0.5, 0.6) is 5.88 Å². The number of aromatic nitrogens is 3. The van der Waals surface area contributed by atoms with Crippen molar-refractivity contribution in [1.82, 2.24) is 19.9 Å². The first-order valence-electron chi connectivity index (χ1n) is 9.38. The summed E-state index contributed by atoms with van der Waals surface area (Å²) in [4.78, 5) is 28.2. The maximum Gasteiger partial charge on any atom is 0.246 e. The summed E-state index contributed by atoms with van der Waals surface area (Å²) >= 11 is 0. The summed E-state index contributed by atoms with van der Waals surface area (Å²) in [5.74, 6) is 0.212. The number of likely N-dealkylation sites (tertiary alicyclic amines) is 1. The summed E-state index contributed by atoms with van der Waals surface area (Å²) < 4.78 is 20.4. The van der Waals surface area contributed by atoms with Crippen molar-refractivity contribution in [3.05, 3.63) is 36.8 Å². The molecular weight excluding hydrogens is 377 g/mol. The van der Waals surface area contributed by atoms with Gasteiger partial charge in [-0.15, -0.1) is 0 Å². The lowest BCUT2D eigenvalue weighted by atomic mass is 10.1. The molecule has 29 heavy (non-hydrogen) atoms. The first-order valence-corrected chi connectivity index (χ1v) is 9.38. The molecule has 1 aliphatic rings. The third-order valence-corrected chi connectivity index (χ3v) is 4.51. The van der Waals surface area contributed by atoms with Gasteiger partial charge in [-0.3, -0.25) is 4.79 Å². The molecule has 154 valence electrons. The Morgan fingerprint density at radius 3 is 3.14 bits per heavy atom. The van der Waals surface area contributed by atoms with Crippen molar-refractivity contribution in [1.29, 1.82) is 0 Å². The molecule has 1 fully saturated rings. The van der Waals surface area contributed by atoms with E-state index in [2.05, 4.69) is 31.8 Å². The van der Waals surface area contributed by atoms with Crippen LogP contribution in [-0.4, -0.2) is 63.9 Å². The number of nitrogens with zero attached hydrogens (tertiary/aromatic N) is 3. The lowest BCUT2D eigenvalue weighted by Gasteiger charge is -2.34. The van der Waals surface area contributed by atoms with Crippen molar-refractivity contribution in [2.75, 3.05) is 25.0 Å². The first kappa shape index (κ1) is 20.3. The number of carbonyl (C=O) groups is 1. The number of rotatable bonds is 7. The molecule has 1 amide bonds. The number of nitrogens with two attached hydrogens (primary N) is 1. The van der Waals surface area contributed by atoms with Gasteiger partial charge < -0.3 is 25.7 Å². The minimum absolute atomic E-state index is 0.118. The van der Waals surface area contributed by atoms with Crippen LogP contribution in [0.25, 0.3) is 11.0 Å². The smallest absolute Gasteiger partial charge is 0.246 e. The van der Waals surface area contributed by atoms with Crippen LogP contribution in [0.2, 0.25) is 0 Å². The third kappa shape index (κ3) is 4.71. The van der Waals surface area contributed by atoms with Crippen molar-refractivity contribution in [2.24, 2.45) is 5.73 Å². The monoisotopic (exact) mass is 402 g/mol. The van der Waals surface area contributed by atoms with E-state index in [0.29, 0.717) is 23.3 Å². The number of halogens is 1. The number of carbonyl (C=O) groups excluding carboxylic acids is 1. The van der Waals surface area contributed by atoms with E-state index in [0.717, 1.165) is 6.54 Å². The Hall–Kier alpha value is -3.43. The molecule has 0 radical (unpaired) electrons. The van der Waals surface area contributed by atoms with Gasteiger partial charge in [-0.05, 0) is 25.5 Å². The van der Waals surface area contributed by atoms with E-state index in [1.807, 2.05) is 6.92 Å². The highest BCUT2D eigenvalue weighted by molar-refractivity contribution is 5.87. The number of anilines is 1. The van der Waals surface area contributed by atoms with E-state index in [9.17, 15) is 9.18 Å². The summed E-state index contributed by atoms with van der Waals surface area (Å²) in [7, 11) is 0. The lowest BCUT2D eigenvalue weighted by Crippen LogP contribution is -2.68. The molecule has 0 spiro atoms. The van der Waals surface area contributed by atoms with Gasteiger partial charge in [0.15, 0.2) is 6.21 Å². The Balaban J connectivity index is 1.86. The Labute approximate surface area is 167 Å². The third-order valence-electron chi connectivity index (χ3n) is 4.51. The summed E-state index contributed by atoms with van der Waals surface area (Å²) in [6.45, 7) is 6.61. The topological polar surface area (TPSA) is 123 Å². The molecule has 0 aromatic carbocycles. The predicted octanol–water partition coefficient (Wildman–Crippen LogP) is -0.155. The molecule has 0 bridgehead atoms. The lowest BCUT2D eigenvalue weighted by molar-refractivity contribution is -0.446. The average molecular weight is 402 g/mol. The maximum absolute atomic E-state index is 14.5. The summed E-state index contributed by atoms with van der Waals surface area (Å²) in [6, 6.07) is 1.75. The van der Waals surface area contributed by atoms with Crippen LogP contribution in [-0.2, 0) is 4.79 Å². The number of ether oxygens (including phenoxy) is 1. The predicted molar refractivity (Wildman–Crippen MR) is 108 cm³/mol. The Morgan fingerprint density at radius 2 is 2.41 bits per heavy atom. The molecule has 5 N–H and O–H groups in total. The zero-order valence-electron chi connectivity index (χ0n) is 16.2. The largest absolute Gasteiger partial charge is 0.469 e. The van der Waals surface area contributed by atoms with E-state index in [1.54, 1.807) is 18.5 Å². The van der Waals surface area contributed by atoms with Crippen molar-refractivity contribution >= 4 is 29.1 Å². The number of aromatic amines is 1. The van der Waals surface area contributed by atoms with Gasteiger partial charge >= 0.3 is 0 Å². The highest BCUT2D eigenvalue weighted by atomic mass is 19.1.